The summed E-state index contributed by atoms with van der Waals surface area (Å²) in [5.41, 5.74) is 2.53. The molecule has 0 radical (unpaired) electrons. The van der Waals surface area contributed by atoms with Crippen molar-refractivity contribution in [3.8, 4) is 6.07 Å². The van der Waals surface area contributed by atoms with Crippen LogP contribution in [0.5, 0.6) is 0 Å². The number of nitriles is 1. The van der Waals surface area contributed by atoms with Crippen LogP contribution in [0.3, 0.4) is 0 Å². The molecule has 0 spiro atoms. The van der Waals surface area contributed by atoms with E-state index in [-0.39, 0.29) is 11.6 Å². The highest BCUT2D eigenvalue weighted by Crippen LogP contribution is 2.16. The first-order chi connectivity index (χ1) is 9.24. The fraction of sp³-hybridized carbons (Fsp3) is 0.133. The van der Waals surface area contributed by atoms with Gasteiger partial charge in [-0.2, -0.15) is 5.26 Å². The molecule has 0 aliphatic carbocycles. The van der Waals surface area contributed by atoms with E-state index in [0.717, 1.165) is 17.7 Å². The smallest absolute Gasteiger partial charge is 0.255 e. The van der Waals surface area contributed by atoms with E-state index in [1.54, 1.807) is 6.07 Å². The van der Waals surface area contributed by atoms with Crippen LogP contribution in [0.15, 0.2) is 42.6 Å². The van der Waals surface area contributed by atoms with Crippen molar-refractivity contribution in [2.75, 3.05) is 5.32 Å². The lowest BCUT2D eigenvalue weighted by atomic mass is 10.1. The van der Waals surface area contributed by atoms with Gasteiger partial charge in [-0.1, -0.05) is 25.1 Å². The Kier molecular flexibility index (Phi) is 3.89. The summed E-state index contributed by atoms with van der Waals surface area (Å²) in [4.78, 5) is 15.9. The van der Waals surface area contributed by atoms with Crippen molar-refractivity contribution in [3.05, 3.63) is 59.4 Å². The summed E-state index contributed by atoms with van der Waals surface area (Å²) in [5, 5.41) is 11.6. The maximum atomic E-state index is 12.1. The number of amides is 1. The second-order valence-electron chi connectivity index (χ2n) is 4.01. The fourth-order valence-corrected chi connectivity index (χ4v) is 1.78. The summed E-state index contributed by atoms with van der Waals surface area (Å²) in [6.45, 7) is 2.03. The minimum absolute atomic E-state index is 0.233. The molecule has 4 nitrogen and oxygen atoms in total. The van der Waals surface area contributed by atoms with Crippen LogP contribution >= 0.6 is 0 Å². The Hall–Kier alpha value is -2.67. The van der Waals surface area contributed by atoms with Gasteiger partial charge in [0, 0.05) is 17.4 Å². The summed E-state index contributed by atoms with van der Waals surface area (Å²) in [7, 11) is 0. The monoisotopic (exact) mass is 251 g/mol. The molecule has 0 fully saturated rings. The van der Waals surface area contributed by atoms with E-state index in [4.69, 9.17) is 5.26 Å². The van der Waals surface area contributed by atoms with Gasteiger partial charge < -0.3 is 5.32 Å². The van der Waals surface area contributed by atoms with Crippen LogP contribution in [0.25, 0.3) is 0 Å². The van der Waals surface area contributed by atoms with Gasteiger partial charge in [0.05, 0.1) is 0 Å². The Morgan fingerprint density at radius 3 is 2.89 bits per heavy atom. The van der Waals surface area contributed by atoms with E-state index in [2.05, 4.69) is 10.3 Å². The van der Waals surface area contributed by atoms with Crippen LogP contribution < -0.4 is 5.32 Å². The normalized spacial score (nSPS) is 9.68. The SMILES string of the molecule is CCc1ccccc1NC(=O)c1ccnc(C#N)c1. The first kappa shape index (κ1) is 12.8. The Morgan fingerprint density at radius 2 is 2.16 bits per heavy atom. The molecule has 0 bridgehead atoms. The van der Waals surface area contributed by atoms with Crippen LogP contribution in [-0.2, 0) is 6.42 Å². The maximum absolute atomic E-state index is 12.1. The second kappa shape index (κ2) is 5.78. The van der Waals surface area contributed by atoms with Crippen molar-refractivity contribution < 1.29 is 4.79 Å². The number of rotatable bonds is 3. The zero-order chi connectivity index (χ0) is 13.7. The topological polar surface area (TPSA) is 65.8 Å². The van der Waals surface area contributed by atoms with E-state index in [1.165, 1.54) is 12.3 Å². The molecule has 1 amide bonds. The van der Waals surface area contributed by atoms with Crippen LogP contribution in [-0.4, -0.2) is 10.9 Å². The molecule has 0 atom stereocenters. The Labute approximate surface area is 111 Å². The van der Waals surface area contributed by atoms with Crippen molar-refractivity contribution in [2.45, 2.75) is 13.3 Å². The van der Waals surface area contributed by atoms with Crippen molar-refractivity contribution in [1.29, 1.82) is 5.26 Å². The largest absolute Gasteiger partial charge is 0.322 e. The second-order valence-corrected chi connectivity index (χ2v) is 4.01. The number of aromatic nitrogens is 1. The number of nitrogens with one attached hydrogen (secondary N) is 1. The third kappa shape index (κ3) is 2.96. The highest BCUT2D eigenvalue weighted by atomic mass is 16.1. The highest BCUT2D eigenvalue weighted by molar-refractivity contribution is 6.04. The molecule has 2 rings (SSSR count). The lowest BCUT2D eigenvalue weighted by molar-refractivity contribution is 0.102. The van der Waals surface area contributed by atoms with Crippen molar-refractivity contribution >= 4 is 11.6 Å². The van der Waals surface area contributed by atoms with Gasteiger partial charge in [0.25, 0.3) is 5.91 Å². The quantitative estimate of drug-likeness (QED) is 0.912. The number of anilines is 1. The van der Waals surface area contributed by atoms with Crippen molar-refractivity contribution in [2.24, 2.45) is 0 Å². The molecule has 1 heterocycles. The van der Waals surface area contributed by atoms with Gasteiger partial charge >= 0.3 is 0 Å². The average Bonchev–Trinajstić information content (AvgIpc) is 2.47. The molecule has 0 saturated carbocycles. The molecule has 19 heavy (non-hydrogen) atoms. The van der Waals surface area contributed by atoms with Gasteiger partial charge in [-0.15, -0.1) is 0 Å². The molecular weight excluding hydrogens is 238 g/mol. The summed E-state index contributed by atoms with van der Waals surface area (Å²) in [6, 6.07) is 12.6. The zero-order valence-corrected chi connectivity index (χ0v) is 10.6. The Bertz CT molecular complexity index is 644. The van der Waals surface area contributed by atoms with Gasteiger partial charge in [-0.3, -0.25) is 4.79 Å². The molecule has 0 aliphatic heterocycles. The van der Waals surface area contributed by atoms with Gasteiger partial charge in [0.1, 0.15) is 11.8 Å². The molecule has 1 aromatic heterocycles. The molecule has 0 unspecified atom stereocenters. The average molecular weight is 251 g/mol. The summed E-state index contributed by atoms with van der Waals surface area (Å²) in [6.07, 6.45) is 2.30. The van der Waals surface area contributed by atoms with Gasteiger partial charge in [-0.25, -0.2) is 4.98 Å². The number of para-hydroxylation sites is 1. The van der Waals surface area contributed by atoms with Crippen molar-refractivity contribution in [3.63, 3.8) is 0 Å². The number of pyridine rings is 1. The molecule has 1 aromatic carbocycles. The van der Waals surface area contributed by atoms with Crippen LogP contribution in [0.2, 0.25) is 0 Å². The Morgan fingerprint density at radius 1 is 1.37 bits per heavy atom. The number of hydrogen-bond donors (Lipinski definition) is 1. The minimum atomic E-state index is -0.236. The third-order valence-electron chi connectivity index (χ3n) is 2.78. The molecule has 2 aromatic rings. The summed E-state index contributed by atoms with van der Waals surface area (Å²) in [5.74, 6) is -0.236. The predicted molar refractivity (Wildman–Crippen MR) is 72.7 cm³/mol. The summed E-state index contributed by atoms with van der Waals surface area (Å²) < 4.78 is 0. The van der Waals surface area contributed by atoms with Gasteiger partial charge in [-0.05, 0) is 30.2 Å². The fourth-order valence-electron chi connectivity index (χ4n) is 1.78. The number of carbonyl (C=O) groups is 1. The van der Waals surface area contributed by atoms with Gasteiger partial charge in [0.15, 0.2) is 0 Å². The van der Waals surface area contributed by atoms with E-state index < -0.39 is 0 Å². The lowest BCUT2D eigenvalue weighted by Crippen LogP contribution is -2.13. The van der Waals surface area contributed by atoms with E-state index in [1.807, 2.05) is 37.3 Å². The van der Waals surface area contributed by atoms with E-state index in [9.17, 15) is 4.79 Å². The van der Waals surface area contributed by atoms with Crippen molar-refractivity contribution in [1.82, 2.24) is 4.98 Å². The number of carbonyl (C=O) groups excluding carboxylic acids is 1. The first-order valence-corrected chi connectivity index (χ1v) is 6.00. The standard InChI is InChI=1S/C15H13N3O/c1-2-11-5-3-4-6-14(11)18-15(19)12-7-8-17-13(9-12)10-16/h3-9H,2H2,1H3,(H,18,19). The number of benzene rings is 1. The number of hydrogen-bond acceptors (Lipinski definition) is 3. The minimum Gasteiger partial charge on any atom is -0.322 e. The molecule has 1 N–H and O–H groups in total. The third-order valence-corrected chi connectivity index (χ3v) is 2.78. The predicted octanol–water partition coefficient (Wildman–Crippen LogP) is 2.77. The molecule has 4 heteroatoms. The van der Waals surface area contributed by atoms with E-state index >= 15 is 0 Å². The summed E-state index contributed by atoms with van der Waals surface area (Å²) >= 11 is 0. The number of nitrogens with zero attached hydrogens (tertiary/aromatic N) is 2. The van der Waals surface area contributed by atoms with E-state index in [0.29, 0.717) is 5.56 Å². The first-order valence-electron chi connectivity index (χ1n) is 6.00. The zero-order valence-electron chi connectivity index (χ0n) is 10.6. The van der Waals surface area contributed by atoms with Crippen LogP contribution in [0.4, 0.5) is 5.69 Å². The van der Waals surface area contributed by atoms with Crippen LogP contribution in [0, 0.1) is 11.3 Å². The Balaban J connectivity index is 2.23. The van der Waals surface area contributed by atoms with Gasteiger partial charge in [0.2, 0.25) is 0 Å². The molecular formula is C15H13N3O. The lowest BCUT2D eigenvalue weighted by Gasteiger charge is -2.09. The highest BCUT2D eigenvalue weighted by Gasteiger charge is 2.09. The molecule has 0 aliphatic rings. The molecule has 0 saturated heterocycles. The number of aryl methyl sites for hydroxylation is 1. The maximum Gasteiger partial charge on any atom is 0.255 e. The van der Waals surface area contributed by atoms with Crippen LogP contribution in [0.1, 0.15) is 28.5 Å². The molecule has 94 valence electrons.